The lowest BCUT2D eigenvalue weighted by atomic mass is 9.78. The average molecular weight is 283 g/mol. The van der Waals surface area contributed by atoms with E-state index < -0.39 is 5.54 Å². The Morgan fingerprint density at radius 2 is 2.05 bits per heavy atom. The van der Waals surface area contributed by atoms with Gasteiger partial charge in [0.25, 0.3) is 0 Å². The Kier molecular flexibility index (Phi) is 5.04. The van der Waals surface area contributed by atoms with Gasteiger partial charge in [-0.15, -0.1) is 0 Å². The molecular weight excluding hydrogens is 254 g/mol. The highest BCUT2D eigenvalue weighted by Gasteiger charge is 2.42. The van der Waals surface area contributed by atoms with Crippen molar-refractivity contribution >= 4 is 5.97 Å². The Morgan fingerprint density at radius 3 is 2.70 bits per heavy atom. The summed E-state index contributed by atoms with van der Waals surface area (Å²) >= 11 is 0. The summed E-state index contributed by atoms with van der Waals surface area (Å²) < 4.78 is 4.89. The van der Waals surface area contributed by atoms with E-state index in [0.29, 0.717) is 12.1 Å². The number of likely N-dealkylation sites (tertiary alicyclic amines) is 1. The Labute approximate surface area is 122 Å². The molecule has 0 spiro atoms. The van der Waals surface area contributed by atoms with E-state index in [1.807, 2.05) is 0 Å². The van der Waals surface area contributed by atoms with Crippen LogP contribution < -0.4 is 5.73 Å². The van der Waals surface area contributed by atoms with Crippen LogP contribution in [0.25, 0.3) is 0 Å². The molecule has 5 heteroatoms. The molecular formula is C15H29N3O2. The third-order valence-corrected chi connectivity index (χ3v) is 5.10. The predicted octanol–water partition coefficient (Wildman–Crippen LogP) is 0.826. The molecule has 116 valence electrons. The number of likely N-dealkylation sites (N-methyl/N-ethyl adjacent to an activating group) is 2. The molecule has 1 heterocycles. The van der Waals surface area contributed by atoms with Gasteiger partial charge in [-0.1, -0.05) is 0 Å². The monoisotopic (exact) mass is 283 g/mol. The van der Waals surface area contributed by atoms with Crippen LogP contribution in [0.5, 0.6) is 0 Å². The second-order valence-corrected chi connectivity index (χ2v) is 6.62. The first-order valence-electron chi connectivity index (χ1n) is 7.74. The van der Waals surface area contributed by atoms with Crippen molar-refractivity contribution in [3.05, 3.63) is 0 Å². The smallest absolute Gasteiger partial charge is 0.325 e. The summed E-state index contributed by atoms with van der Waals surface area (Å²) in [5, 5.41) is 0. The number of esters is 1. The highest BCUT2D eigenvalue weighted by molar-refractivity contribution is 5.80. The van der Waals surface area contributed by atoms with Crippen molar-refractivity contribution in [3.63, 3.8) is 0 Å². The number of nitrogens with zero attached hydrogens (tertiary/aromatic N) is 2. The zero-order valence-electron chi connectivity index (χ0n) is 13.1. The van der Waals surface area contributed by atoms with Gasteiger partial charge in [-0.05, 0) is 59.2 Å². The fraction of sp³-hybridized carbons (Fsp3) is 0.933. The molecule has 1 aliphatic heterocycles. The number of hydrogen-bond donors (Lipinski definition) is 1. The second-order valence-electron chi connectivity index (χ2n) is 6.62. The number of carbonyl (C=O) groups is 1. The number of nitrogens with two attached hydrogens (primary N) is 1. The molecule has 0 aromatic carbocycles. The van der Waals surface area contributed by atoms with Crippen molar-refractivity contribution in [2.45, 2.75) is 56.1 Å². The summed E-state index contributed by atoms with van der Waals surface area (Å²) in [5.74, 6) is -0.253. The van der Waals surface area contributed by atoms with E-state index in [4.69, 9.17) is 10.5 Å². The van der Waals surface area contributed by atoms with Crippen LogP contribution in [-0.2, 0) is 9.53 Å². The van der Waals surface area contributed by atoms with Crippen LogP contribution in [0.3, 0.4) is 0 Å². The molecule has 0 amide bonds. The first kappa shape index (κ1) is 15.7. The van der Waals surface area contributed by atoms with Crippen LogP contribution in [0.15, 0.2) is 0 Å². The molecule has 0 bridgehead atoms. The number of methoxy groups -OCH3 is 1. The Hall–Kier alpha value is -0.650. The molecule has 1 aliphatic carbocycles. The van der Waals surface area contributed by atoms with Crippen LogP contribution >= 0.6 is 0 Å². The summed E-state index contributed by atoms with van der Waals surface area (Å²) in [7, 11) is 5.81. The molecule has 2 aliphatic rings. The van der Waals surface area contributed by atoms with Gasteiger partial charge in [0.1, 0.15) is 5.54 Å². The van der Waals surface area contributed by atoms with Crippen LogP contribution in [0.4, 0.5) is 0 Å². The van der Waals surface area contributed by atoms with Gasteiger partial charge < -0.3 is 15.4 Å². The van der Waals surface area contributed by atoms with Crippen molar-refractivity contribution in [1.29, 1.82) is 0 Å². The van der Waals surface area contributed by atoms with Gasteiger partial charge in [-0.25, -0.2) is 0 Å². The number of piperidine rings is 1. The Balaban J connectivity index is 1.99. The number of ether oxygens (including phenoxy) is 1. The van der Waals surface area contributed by atoms with E-state index in [0.717, 1.165) is 32.2 Å². The second kappa shape index (κ2) is 6.41. The third kappa shape index (κ3) is 3.32. The molecule has 2 rings (SSSR count). The van der Waals surface area contributed by atoms with E-state index in [1.165, 1.54) is 26.5 Å². The van der Waals surface area contributed by atoms with Crippen molar-refractivity contribution in [2.75, 3.05) is 34.3 Å². The lowest BCUT2D eigenvalue weighted by Gasteiger charge is -2.44. The largest absolute Gasteiger partial charge is 0.468 e. The van der Waals surface area contributed by atoms with Gasteiger partial charge in [0.05, 0.1) is 7.11 Å². The van der Waals surface area contributed by atoms with E-state index in [-0.39, 0.29) is 5.97 Å². The fourth-order valence-corrected chi connectivity index (χ4v) is 3.78. The van der Waals surface area contributed by atoms with Gasteiger partial charge in [0.15, 0.2) is 0 Å². The zero-order valence-corrected chi connectivity index (χ0v) is 13.1. The Morgan fingerprint density at radius 1 is 1.35 bits per heavy atom. The summed E-state index contributed by atoms with van der Waals surface area (Å²) in [6.07, 6.45) is 6.09. The average Bonchev–Trinajstić information content (AvgIpc) is 2.45. The molecule has 20 heavy (non-hydrogen) atoms. The number of hydrogen-bond acceptors (Lipinski definition) is 5. The molecule has 2 N–H and O–H groups in total. The zero-order chi connectivity index (χ0) is 14.8. The van der Waals surface area contributed by atoms with E-state index in [9.17, 15) is 4.79 Å². The molecule has 3 atom stereocenters. The molecule has 0 radical (unpaired) electrons. The van der Waals surface area contributed by atoms with Crippen molar-refractivity contribution in [3.8, 4) is 0 Å². The first-order chi connectivity index (χ1) is 9.46. The minimum Gasteiger partial charge on any atom is -0.468 e. The standard InChI is InChI=1S/C15H29N3O2/c1-17-9-5-7-13(11-17)18(2)12-6-4-8-15(16,10-12)14(19)20-3/h12-13H,4-11,16H2,1-3H3. The molecule has 1 saturated carbocycles. The SMILES string of the molecule is COC(=O)C1(N)CCCC(N(C)C2CCCN(C)C2)C1. The van der Waals surface area contributed by atoms with Crippen molar-refractivity contribution < 1.29 is 9.53 Å². The summed E-state index contributed by atoms with van der Waals surface area (Å²) in [6, 6.07) is 0.975. The predicted molar refractivity (Wildman–Crippen MR) is 79.5 cm³/mol. The highest BCUT2D eigenvalue weighted by Crippen LogP contribution is 2.31. The minimum atomic E-state index is -0.785. The van der Waals surface area contributed by atoms with Crippen LogP contribution in [0.2, 0.25) is 0 Å². The van der Waals surface area contributed by atoms with E-state index in [2.05, 4.69) is 23.9 Å². The molecule has 3 unspecified atom stereocenters. The quantitative estimate of drug-likeness (QED) is 0.777. The van der Waals surface area contributed by atoms with Gasteiger partial charge >= 0.3 is 5.97 Å². The molecule has 0 aromatic heterocycles. The van der Waals surface area contributed by atoms with Crippen molar-refractivity contribution in [2.24, 2.45) is 5.73 Å². The van der Waals surface area contributed by atoms with E-state index in [1.54, 1.807) is 0 Å². The molecule has 2 fully saturated rings. The third-order valence-electron chi connectivity index (χ3n) is 5.10. The highest BCUT2D eigenvalue weighted by atomic mass is 16.5. The summed E-state index contributed by atoms with van der Waals surface area (Å²) in [4.78, 5) is 16.8. The summed E-state index contributed by atoms with van der Waals surface area (Å²) in [5.41, 5.74) is 5.50. The maximum Gasteiger partial charge on any atom is 0.325 e. The topological polar surface area (TPSA) is 58.8 Å². The lowest BCUT2D eigenvalue weighted by molar-refractivity contribution is -0.149. The van der Waals surface area contributed by atoms with Crippen LogP contribution in [0.1, 0.15) is 38.5 Å². The van der Waals surface area contributed by atoms with Crippen LogP contribution in [-0.4, -0.2) is 67.7 Å². The van der Waals surface area contributed by atoms with Gasteiger partial charge in [0.2, 0.25) is 0 Å². The van der Waals surface area contributed by atoms with E-state index >= 15 is 0 Å². The molecule has 1 saturated heterocycles. The lowest BCUT2D eigenvalue weighted by Crippen LogP contribution is -2.58. The van der Waals surface area contributed by atoms with Gasteiger partial charge in [0, 0.05) is 18.6 Å². The number of carbonyl (C=O) groups excluding carboxylic acids is 1. The fourth-order valence-electron chi connectivity index (χ4n) is 3.78. The number of rotatable bonds is 3. The van der Waals surface area contributed by atoms with Gasteiger partial charge in [-0.3, -0.25) is 9.69 Å². The maximum absolute atomic E-state index is 11.9. The first-order valence-corrected chi connectivity index (χ1v) is 7.74. The van der Waals surface area contributed by atoms with Crippen molar-refractivity contribution in [1.82, 2.24) is 9.80 Å². The maximum atomic E-state index is 11.9. The molecule has 5 nitrogen and oxygen atoms in total. The normalized spacial score (nSPS) is 36.0. The molecule has 0 aromatic rings. The minimum absolute atomic E-state index is 0.253. The van der Waals surface area contributed by atoms with Gasteiger partial charge in [-0.2, -0.15) is 0 Å². The Bertz CT molecular complexity index is 350. The summed E-state index contributed by atoms with van der Waals surface area (Å²) in [6.45, 7) is 2.31. The van der Waals surface area contributed by atoms with Crippen LogP contribution in [0, 0.1) is 0 Å².